The first-order valence-electron chi connectivity index (χ1n) is 9.27. The number of para-hydroxylation sites is 2. The van der Waals surface area contributed by atoms with Crippen LogP contribution in [0.2, 0.25) is 0 Å². The molecule has 0 saturated heterocycles. The summed E-state index contributed by atoms with van der Waals surface area (Å²) in [6.45, 7) is -0.143. The fraction of sp³-hybridized carbons (Fsp3) is 0.136. The van der Waals surface area contributed by atoms with Crippen molar-refractivity contribution in [1.29, 1.82) is 0 Å². The summed E-state index contributed by atoms with van der Waals surface area (Å²) < 4.78 is 38.7. The summed E-state index contributed by atoms with van der Waals surface area (Å²) in [6, 6.07) is 21.7. The number of methoxy groups -OCH3 is 1. The molecule has 3 aromatic rings. The van der Waals surface area contributed by atoms with Gasteiger partial charge >= 0.3 is 0 Å². The van der Waals surface area contributed by atoms with Crippen molar-refractivity contribution in [2.24, 2.45) is 0 Å². The lowest BCUT2D eigenvalue weighted by molar-refractivity contribution is -0.122. The third kappa shape index (κ3) is 3.81. The number of carbonyl (C=O) groups is 1. The van der Waals surface area contributed by atoms with Gasteiger partial charge in [-0.3, -0.25) is 9.10 Å². The first kappa shape index (κ1) is 19.8. The molecule has 0 aliphatic carbocycles. The SMILES string of the molecule is COc1ccc(NC(=O)C2CN(S(=O)(=O)c3ccccc3)c3ccccc3O2)cc1. The van der Waals surface area contributed by atoms with Crippen LogP contribution in [0.3, 0.4) is 0 Å². The molecule has 1 aliphatic rings. The zero-order valence-electron chi connectivity index (χ0n) is 16.2. The highest BCUT2D eigenvalue weighted by Crippen LogP contribution is 2.37. The summed E-state index contributed by atoms with van der Waals surface area (Å²) in [7, 11) is -2.31. The molecule has 0 saturated carbocycles. The minimum atomic E-state index is -3.87. The molecule has 0 aromatic heterocycles. The van der Waals surface area contributed by atoms with Crippen molar-refractivity contribution in [3.05, 3.63) is 78.9 Å². The Morgan fingerprint density at radius 1 is 1.00 bits per heavy atom. The average molecular weight is 424 g/mol. The molecule has 30 heavy (non-hydrogen) atoms. The van der Waals surface area contributed by atoms with Crippen LogP contribution < -0.4 is 19.1 Å². The highest BCUT2D eigenvalue weighted by atomic mass is 32.2. The van der Waals surface area contributed by atoms with E-state index < -0.39 is 22.0 Å². The number of benzene rings is 3. The van der Waals surface area contributed by atoms with Crippen LogP contribution in [0.25, 0.3) is 0 Å². The zero-order chi connectivity index (χ0) is 21.1. The highest BCUT2D eigenvalue weighted by molar-refractivity contribution is 7.92. The van der Waals surface area contributed by atoms with Crippen molar-refractivity contribution in [1.82, 2.24) is 0 Å². The second-order valence-corrected chi connectivity index (χ2v) is 8.50. The van der Waals surface area contributed by atoms with Crippen LogP contribution >= 0.6 is 0 Å². The van der Waals surface area contributed by atoms with E-state index in [0.29, 0.717) is 22.9 Å². The largest absolute Gasteiger partial charge is 0.497 e. The summed E-state index contributed by atoms with van der Waals surface area (Å²) in [5.74, 6) is 0.553. The van der Waals surface area contributed by atoms with Gasteiger partial charge in [-0.05, 0) is 48.5 Å². The maximum Gasteiger partial charge on any atom is 0.267 e. The zero-order valence-corrected chi connectivity index (χ0v) is 17.0. The second kappa shape index (κ2) is 8.08. The molecular weight excluding hydrogens is 404 g/mol. The van der Waals surface area contributed by atoms with Crippen molar-refractivity contribution in [3.63, 3.8) is 0 Å². The molecule has 1 N–H and O–H groups in total. The molecule has 3 aromatic carbocycles. The van der Waals surface area contributed by atoms with Crippen LogP contribution in [0, 0.1) is 0 Å². The molecule has 0 radical (unpaired) electrons. The Morgan fingerprint density at radius 2 is 1.67 bits per heavy atom. The number of nitrogens with one attached hydrogen (secondary N) is 1. The Bertz CT molecular complexity index is 1150. The number of rotatable bonds is 5. The topological polar surface area (TPSA) is 84.9 Å². The molecule has 8 heteroatoms. The molecule has 154 valence electrons. The van der Waals surface area contributed by atoms with Crippen LogP contribution in [0.15, 0.2) is 83.8 Å². The standard InChI is InChI=1S/C22H20N2O5S/c1-28-17-13-11-16(12-14-17)23-22(25)21-15-24(19-9-5-6-10-20(19)29-21)30(26,27)18-7-3-2-4-8-18/h2-14,21H,15H2,1H3,(H,23,25). The lowest BCUT2D eigenvalue weighted by Crippen LogP contribution is -2.48. The predicted molar refractivity (Wildman–Crippen MR) is 113 cm³/mol. The number of carbonyl (C=O) groups excluding carboxylic acids is 1. The van der Waals surface area contributed by atoms with Gasteiger partial charge in [-0.25, -0.2) is 8.42 Å². The molecule has 7 nitrogen and oxygen atoms in total. The summed E-state index contributed by atoms with van der Waals surface area (Å²) in [5, 5.41) is 2.76. The molecule has 0 bridgehead atoms. The average Bonchev–Trinajstić information content (AvgIpc) is 2.79. The van der Waals surface area contributed by atoms with E-state index in [2.05, 4.69) is 5.32 Å². The normalized spacial score (nSPS) is 15.6. The summed E-state index contributed by atoms with van der Waals surface area (Å²) in [5.41, 5.74) is 0.954. The monoisotopic (exact) mass is 424 g/mol. The highest BCUT2D eigenvalue weighted by Gasteiger charge is 2.37. The number of hydrogen-bond acceptors (Lipinski definition) is 5. The number of sulfonamides is 1. The maximum atomic E-state index is 13.3. The number of fused-ring (bicyclic) bond motifs is 1. The van der Waals surface area contributed by atoms with Crippen molar-refractivity contribution >= 4 is 27.3 Å². The molecule has 1 aliphatic heterocycles. The van der Waals surface area contributed by atoms with Crippen molar-refractivity contribution < 1.29 is 22.7 Å². The van der Waals surface area contributed by atoms with Gasteiger partial charge in [-0.1, -0.05) is 30.3 Å². The van der Waals surface area contributed by atoms with E-state index in [1.807, 2.05) is 0 Å². The molecule has 1 unspecified atom stereocenters. The second-order valence-electron chi connectivity index (χ2n) is 6.64. The smallest absolute Gasteiger partial charge is 0.267 e. The fourth-order valence-electron chi connectivity index (χ4n) is 3.18. The minimum absolute atomic E-state index is 0.143. The Kier molecular flexibility index (Phi) is 5.33. The molecular formula is C22H20N2O5S. The van der Waals surface area contributed by atoms with Crippen molar-refractivity contribution in [2.75, 3.05) is 23.3 Å². The van der Waals surface area contributed by atoms with E-state index in [1.165, 1.54) is 16.4 Å². The first-order chi connectivity index (χ1) is 14.5. The number of nitrogens with zero attached hydrogens (tertiary/aromatic N) is 1. The van der Waals surface area contributed by atoms with E-state index in [1.54, 1.807) is 73.8 Å². The van der Waals surface area contributed by atoms with E-state index in [-0.39, 0.29) is 11.4 Å². The summed E-state index contributed by atoms with van der Waals surface area (Å²) in [4.78, 5) is 13.0. The number of ether oxygens (including phenoxy) is 2. The van der Waals surface area contributed by atoms with Crippen LogP contribution in [-0.4, -0.2) is 34.1 Å². The molecule has 0 fully saturated rings. The van der Waals surface area contributed by atoms with Gasteiger partial charge < -0.3 is 14.8 Å². The van der Waals surface area contributed by atoms with Crippen molar-refractivity contribution in [2.45, 2.75) is 11.0 Å². The van der Waals surface area contributed by atoms with Gasteiger partial charge in [0.05, 0.1) is 24.2 Å². The quantitative estimate of drug-likeness (QED) is 0.679. The van der Waals surface area contributed by atoms with E-state index >= 15 is 0 Å². The Labute approximate surface area is 174 Å². The van der Waals surface area contributed by atoms with Gasteiger partial charge in [0.25, 0.3) is 15.9 Å². The maximum absolute atomic E-state index is 13.3. The number of anilines is 2. The molecule has 1 amide bonds. The van der Waals surface area contributed by atoms with Gasteiger partial charge in [0.2, 0.25) is 0 Å². The summed E-state index contributed by atoms with van der Waals surface area (Å²) in [6.07, 6.45) is -1.01. The lowest BCUT2D eigenvalue weighted by Gasteiger charge is -2.34. The minimum Gasteiger partial charge on any atom is -0.497 e. The van der Waals surface area contributed by atoms with Gasteiger partial charge in [0, 0.05) is 5.69 Å². The van der Waals surface area contributed by atoms with Crippen LogP contribution in [0.4, 0.5) is 11.4 Å². The van der Waals surface area contributed by atoms with Gasteiger partial charge in [-0.15, -0.1) is 0 Å². The van der Waals surface area contributed by atoms with E-state index in [9.17, 15) is 13.2 Å². The predicted octanol–water partition coefficient (Wildman–Crippen LogP) is 3.29. The Hall–Kier alpha value is -3.52. The Morgan fingerprint density at radius 3 is 2.37 bits per heavy atom. The van der Waals surface area contributed by atoms with E-state index in [0.717, 1.165) is 0 Å². The van der Waals surface area contributed by atoms with Gasteiger partial charge in [-0.2, -0.15) is 0 Å². The molecule has 4 rings (SSSR count). The van der Waals surface area contributed by atoms with Gasteiger partial charge in [0.1, 0.15) is 11.5 Å². The lowest BCUT2D eigenvalue weighted by atomic mass is 10.2. The first-order valence-corrected chi connectivity index (χ1v) is 10.7. The van der Waals surface area contributed by atoms with Crippen molar-refractivity contribution in [3.8, 4) is 11.5 Å². The van der Waals surface area contributed by atoms with E-state index in [4.69, 9.17) is 9.47 Å². The molecule has 1 heterocycles. The van der Waals surface area contributed by atoms with Crippen LogP contribution in [0.5, 0.6) is 11.5 Å². The molecule has 0 spiro atoms. The third-order valence-electron chi connectivity index (χ3n) is 4.72. The summed E-state index contributed by atoms with van der Waals surface area (Å²) >= 11 is 0. The fourth-order valence-corrected chi connectivity index (χ4v) is 4.68. The number of hydrogen-bond donors (Lipinski definition) is 1. The Balaban J connectivity index is 1.63. The number of amides is 1. The van der Waals surface area contributed by atoms with Gasteiger partial charge in [0.15, 0.2) is 6.10 Å². The van der Waals surface area contributed by atoms with Crippen LogP contribution in [0.1, 0.15) is 0 Å². The molecule has 1 atom stereocenters. The van der Waals surface area contributed by atoms with Crippen LogP contribution in [-0.2, 0) is 14.8 Å². The third-order valence-corrected chi connectivity index (χ3v) is 6.51.